The molecule has 2 aromatic rings. The predicted molar refractivity (Wildman–Crippen MR) is 82.6 cm³/mol. The lowest BCUT2D eigenvalue weighted by Gasteiger charge is -2.21. The molecule has 0 saturated carbocycles. The van der Waals surface area contributed by atoms with Gasteiger partial charge in [-0.1, -0.05) is 48.0 Å². The highest BCUT2D eigenvalue weighted by Crippen LogP contribution is 2.27. The number of nitrogens with two attached hydrogens (primary N) is 1. The van der Waals surface area contributed by atoms with E-state index in [0.29, 0.717) is 12.5 Å². The number of hydrogen-bond donors (Lipinski definition) is 1. The second-order valence-electron chi connectivity index (χ2n) is 5.43. The van der Waals surface area contributed by atoms with Crippen molar-refractivity contribution >= 4 is 0 Å². The van der Waals surface area contributed by atoms with E-state index in [0.717, 1.165) is 6.42 Å². The van der Waals surface area contributed by atoms with Crippen molar-refractivity contribution in [3.63, 3.8) is 0 Å². The van der Waals surface area contributed by atoms with Crippen LogP contribution in [0.4, 0.5) is 0 Å². The van der Waals surface area contributed by atoms with E-state index in [4.69, 9.17) is 5.73 Å². The van der Waals surface area contributed by atoms with Gasteiger partial charge in [-0.15, -0.1) is 0 Å². The quantitative estimate of drug-likeness (QED) is 0.878. The molecular formula is C18H23N. The summed E-state index contributed by atoms with van der Waals surface area (Å²) in [5, 5.41) is 0. The van der Waals surface area contributed by atoms with Crippen LogP contribution in [0, 0.1) is 20.8 Å². The van der Waals surface area contributed by atoms with Crippen molar-refractivity contribution in [1.82, 2.24) is 0 Å². The fourth-order valence-electron chi connectivity index (χ4n) is 3.04. The van der Waals surface area contributed by atoms with E-state index >= 15 is 0 Å². The molecule has 0 aliphatic rings. The fraction of sp³-hybridized carbons (Fsp3) is 0.333. The first-order valence-electron chi connectivity index (χ1n) is 6.93. The molecule has 1 unspecified atom stereocenters. The Labute approximate surface area is 116 Å². The molecule has 0 amide bonds. The van der Waals surface area contributed by atoms with E-state index in [9.17, 15) is 0 Å². The van der Waals surface area contributed by atoms with E-state index in [1.807, 2.05) is 0 Å². The van der Waals surface area contributed by atoms with Crippen LogP contribution in [-0.2, 0) is 6.42 Å². The van der Waals surface area contributed by atoms with Crippen molar-refractivity contribution in [2.75, 3.05) is 6.54 Å². The van der Waals surface area contributed by atoms with Crippen LogP contribution in [-0.4, -0.2) is 6.54 Å². The first kappa shape index (κ1) is 13.8. The van der Waals surface area contributed by atoms with Crippen LogP contribution in [0.5, 0.6) is 0 Å². The van der Waals surface area contributed by atoms with Gasteiger partial charge in [0.1, 0.15) is 0 Å². The Morgan fingerprint density at radius 3 is 2.05 bits per heavy atom. The lowest BCUT2D eigenvalue weighted by atomic mass is 9.85. The molecule has 0 aliphatic heterocycles. The summed E-state index contributed by atoms with van der Waals surface area (Å²) >= 11 is 0. The number of hydrogen-bond acceptors (Lipinski definition) is 1. The second kappa shape index (κ2) is 6.03. The summed E-state index contributed by atoms with van der Waals surface area (Å²) in [7, 11) is 0. The molecule has 2 rings (SSSR count). The maximum absolute atomic E-state index is 6.03. The third-order valence-electron chi connectivity index (χ3n) is 3.76. The summed E-state index contributed by atoms with van der Waals surface area (Å²) in [4.78, 5) is 0. The van der Waals surface area contributed by atoms with Crippen molar-refractivity contribution in [3.05, 3.63) is 70.3 Å². The number of rotatable bonds is 4. The molecule has 0 heterocycles. The molecule has 0 bridgehead atoms. The number of aryl methyl sites for hydroxylation is 3. The Balaban J connectivity index is 2.32. The van der Waals surface area contributed by atoms with Gasteiger partial charge in [0.15, 0.2) is 0 Å². The molecule has 19 heavy (non-hydrogen) atoms. The van der Waals surface area contributed by atoms with Gasteiger partial charge in [0.2, 0.25) is 0 Å². The van der Waals surface area contributed by atoms with E-state index in [1.165, 1.54) is 27.8 Å². The van der Waals surface area contributed by atoms with Crippen LogP contribution in [0.2, 0.25) is 0 Å². The molecule has 1 nitrogen and oxygen atoms in total. The zero-order chi connectivity index (χ0) is 13.8. The van der Waals surface area contributed by atoms with Gasteiger partial charge in [-0.25, -0.2) is 0 Å². The normalized spacial score (nSPS) is 12.4. The van der Waals surface area contributed by atoms with Crippen LogP contribution < -0.4 is 5.73 Å². The van der Waals surface area contributed by atoms with E-state index in [-0.39, 0.29) is 0 Å². The minimum Gasteiger partial charge on any atom is -0.330 e. The van der Waals surface area contributed by atoms with Crippen LogP contribution in [0.3, 0.4) is 0 Å². The Kier molecular flexibility index (Phi) is 4.39. The summed E-state index contributed by atoms with van der Waals surface area (Å²) in [5.41, 5.74) is 12.9. The predicted octanol–water partition coefficient (Wildman–Crippen LogP) is 3.90. The Bertz CT molecular complexity index is 520. The third kappa shape index (κ3) is 3.24. The van der Waals surface area contributed by atoms with Crippen molar-refractivity contribution in [3.8, 4) is 0 Å². The topological polar surface area (TPSA) is 26.0 Å². The third-order valence-corrected chi connectivity index (χ3v) is 3.76. The van der Waals surface area contributed by atoms with Gasteiger partial charge in [0.05, 0.1) is 0 Å². The van der Waals surface area contributed by atoms with Crippen molar-refractivity contribution < 1.29 is 0 Å². The van der Waals surface area contributed by atoms with Crippen LogP contribution in [0.15, 0.2) is 42.5 Å². The Morgan fingerprint density at radius 2 is 1.53 bits per heavy atom. The molecule has 1 atom stereocenters. The smallest absolute Gasteiger partial charge is 0.000681 e. The van der Waals surface area contributed by atoms with E-state index in [1.54, 1.807) is 0 Å². The largest absolute Gasteiger partial charge is 0.330 e. The maximum Gasteiger partial charge on any atom is 0.000681 e. The summed E-state index contributed by atoms with van der Waals surface area (Å²) in [6.07, 6.45) is 1.02. The molecule has 2 aromatic carbocycles. The molecule has 1 heteroatoms. The van der Waals surface area contributed by atoms with Crippen LogP contribution in [0.25, 0.3) is 0 Å². The first-order chi connectivity index (χ1) is 9.11. The molecule has 100 valence electrons. The summed E-state index contributed by atoms with van der Waals surface area (Å²) in [6, 6.07) is 15.1. The standard InChI is InChI=1S/C18H23N/c1-13-9-14(2)18(15(3)10-13)17(12-19)11-16-7-5-4-6-8-16/h4-10,17H,11-12,19H2,1-3H3. The van der Waals surface area contributed by atoms with Gasteiger partial charge < -0.3 is 5.73 Å². The van der Waals surface area contributed by atoms with Gasteiger partial charge in [-0.2, -0.15) is 0 Å². The molecule has 0 aliphatic carbocycles. The van der Waals surface area contributed by atoms with Gasteiger partial charge in [0, 0.05) is 5.92 Å². The zero-order valence-electron chi connectivity index (χ0n) is 12.1. The van der Waals surface area contributed by atoms with Crippen LogP contribution in [0.1, 0.15) is 33.7 Å². The second-order valence-corrected chi connectivity index (χ2v) is 5.43. The highest BCUT2D eigenvalue weighted by molar-refractivity contribution is 5.41. The Morgan fingerprint density at radius 1 is 0.947 bits per heavy atom. The average molecular weight is 253 g/mol. The SMILES string of the molecule is Cc1cc(C)c(C(CN)Cc2ccccc2)c(C)c1. The van der Waals surface area contributed by atoms with Crippen LogP contribution >= 0.6 is 0 Å². The monoisotopic (exact) mass is 253 g/mol. The molecule has 0 saturated heterocycles. The minimum atomic E-state index is 0.406. The number of benzene rings is 2. The highest BCUT2D eigenvalue weighted by Gasteiger charge is 2.15. The lowest BCUT2D eigenvalue weighted by molar-refractivity contribution is 0.685. The van der Waals surface area contributed by atoms with Crippen molar-refractivity contribution in [1.29, 1.82) is 0 Å². The summed E-state index contributed by atoms with van der Waals surface area (Å²) in [6.45, 7) is 7.24. The molecule has 0 radical (unpaired) electrons. The first-order valence-corrected chi connectivity index (χ1v) is 6.93. The fourth-order valence-corrected chi connectivity index (χ4v) is 3.04. The average Bonchev–Trinajstić information content (AvgIpc) is 2.37. The lowest BCUT2D eigenvalue weighted by Crippen LogP contribution is -2.17. The van der Waals surface area contributed by atoms with E-state index < -0.39 is 0 Å². The van der Waals surface area contributed by atoms with Gasteiger partial charge in [-0.05, 0) is 56.0 Å². The zero-order valence-corrected chi connectivity index (χ0v) is 12.1. The molecule has 0 spiro atoms. The highest BCUT2D eigenvalue weighted by atomic mass is 14.5. The molecular weight excluding hydrogens is 230 g/mol. The van der Waals surface area contributed by atoms with Crippen molar-refractivity contribution in [2.24, 2.45) is 5.73 Å². The minimum absolute atomic E-state index is 0.406. The van der Waals surface area contributed by atoms with E-state index in [2.05, 4.69) is 63.2 Å². The Hall–Kier alpha value is -1.60. The maximum atomic E-state index is 6.03. The molecule has 0 fully saturated rings. The molecule has 2 N–H and O–H groups in total. The summed E-state index contributed by atoms with van der Waals surface area (Å²) in [5.74, 6) is 0.406. The van der Waals surface area contributed by atoms with Gasteiger partial charge in [0.25, 0.3) is 0 Å². The van der Waals surface area contributed by atoms with Gasteiger partial charge >= 0.3 is 0 Å². The molecule has 0 aromatic heterocycles. The van der Waals surface area contributed by atoms with Crippen molar-refractivity contribution in [2.45, 2.75) is 33.1 Å². The van der Waals surface area contributed by atoms with Gasteiger partial charge in [-0.3, -0.25) is 0 Å². The summed E-state index contributed by atoms with van der Waals surface area (Å²) < 4.78 is 0.